The summed E-state index contributed by atoms with van der Waals surface area (Å²) in [5.41, 5.74) is 0. The molecule has 0 bridgehead atoms. The Morgan fingerprint density at radius 1 is 1.20 bits per heavy atom. The van der Waals surface area contributed by atoms with E-state index in [1.54, 1.807) is 11.8 Å². The van der Waals surface area contributed by atoms with E-state index in [9.17, 15) is 9.59 Å². The van der Waals surface area contributed by atoms with Gasteiger partial charge >= 0.3 is 0 Å². The van der Waals surface area contributed by atoms with E-state index >= 15 is 0 Å². The number of amides is 2. The fourth-order valence-corrected chi connectivity index (χ4v) is 2.06. The van der Waals surface area contributed by atoms with Crippen LogP contribution in [0.1, 0.15) is 48.0 Å². The van der Waals surface area contributed by atoms with Crippen molar-refractivity contribution in [1.29, 1.82) is 0 Å². The van der Waals surface area contributed by atoms with Crippen LogP contribution < -0.4 is 5.32 Å². The van der Waals surface area contributed by atoms with Crippen molar-refractivity contribution >= 4 is 23.6 Å². The molecule has 0 radical (unpaired) electrons. The summed E-state index contributed by atoms with van der Waals surface area (Å²) in [6, 6.07) is 0. The van der Waals surface area contributed by atoms with E-state index in [0.29, 0.717) is 11.7 Å². The maximum absolute atomic E-state index is 11.0. The van der Waals surface area contributed by atoms with Gasteiger partial charge in [-0.15, -0.1) is 11.8 Å². The fourth-order valence-electron chi connectivity index (χ4n) is 0.968. The molecule has 4 heteroatoms. The predicted octanol–water partition coefficient (Wildman–Crippen LogP) is 2.60. The topological polar surface area (TPSA) is 46.2 Å². The van der Waals surface area contributed by atoms with Crippen LogP contribution >= 0.6 is 11.8 Å². The van der Waals surface area contributed by atoms with Gasteiger partial charge in [-0.3, -0.25) is 14.9 Å². The normalized spacial score (nSPS) is 18.7. The number of hydrogen-bond donors (Lipinski definition) is 1. The van der Waals surface area contributed by atoms with Crippen LogP contribution in [0.15, 0.2) is 0 Å². The zero-order valence-electron chi connectivity index (χ0n) is 10.6. The fraction of sp³-hybridized carbons (Fsp3) is 0.818. The number of thioether (sulfide) groups is 1. The predicted molar refractivity (Wildman–Crippen MR) is 67.0 cm³/mol. The Balaban J connectivity index is 0. The van der Waals surface area contributed by atoms with Crippen LogP contribution in [0, 0.1) is 0 Å². The zero-order chi connectivity index (χ0) is 12.4. The van der Waals surface area contributed by atoms with Crippen LogP contribution in [0.25, 0.3) is 0 Å². The Morgan fingerprint density at radius 2 is 1.67 bits per heavy atom. The molecule has 1 heterocycles. The quantitative estimate of drug-likeness (QED) is 0.746. The summed E-state index contributed by atoms with van der Waals surface area (Å²) in [7, 11) is 0. The lowest BCUT2D eigenvalue weighted by atomic mass is 10.4. The first-order valence-corrected chi connectivity index (χ1v) is 6.53. The highest BCUT2D eigenvalue weighted by atomic mass is 32.2. The molecule has 1 unspecified atom stereocenters. The standard InChI is InChI=1S/C7H11NO2S.2C2H6/c1-4(2)11-5-3-6(9)8-7(5)10;2*1-2/h4-5H,3H2,1-2H3,(H,8,9,10);2*1-2H3. The number of hydrogen-bond acceptors (Lipinski definition) is 3. The molecule has 0 spiro atoms. The molecule has 1 N–H and O–H groups in total. The van der Waals surface area contributed by atoms with Gasteiger partial charge in [-0.2, -0.15) is 0 Å². The number of nitrogens with one attached hydrogen (secondary N) is 1. The molecule has 15 heavy (non-hydrogen) atoms. The average Bonchev–Trinajstić information content (AvgIpc) is 2.51. The van der Waals surface area contributed by atoms with Crippen LogP contribution in [0.3, 0.4) is 0 Å². The van der Waals surface area contributed by atoms with Crippen molar-refractivity contribution in [3.8, 4) is 0 Å². The zero-order valence-corrected chi connectivity index (χ0v) is 11.4. The van der Waals surface area contributed by atoms with Gasteiger partial charge in [-0.25, -0.2) is 0 Å². The van der Waals surface area contributed by atoms with Gasteiger partial charge in [-0.1, -0.05) is 41.5 Å². The first kappa shape index (κ1) is 16.9. The summed E-state index contributed by atoms with van der Waals surface area (Å²) in [6.45, 7) is 12.0. The molecule has 1 saturated heterocycles. The summed E-state index contributed by atoms with van der Waals surface area (Å²) in [4.78, 5) is 21.7. The molecule has 0 aliphatic carbocycles. The van der Waals surface area contributed by atoms with E-state index in [0.717, 1.165) is 0 Å². The molecule has 3 nitrogen and oxygen atoms in total. The smallest absolute Gasteiger partial charge is 0.240 e. The van der Waals surface area contributed by atoms with E-state index in [4.69, 9.17) is 0 Å². The second-order valence-electron chi connectivity index (χ2n) is 2.79. The number of rotatable bonds is 2. The van der Waals surface area contributed by atoms with E-state index in [1.165, 1.54) is 0 Å². The molecule has 1 atom stereocenters. The van der Waals surface area contributed by atoms with Gasteiger partial charge in [0.1, 0.15) is 0 Å². The van der Waals surface area contributed by atoms with Gasteiger partial charge in [0.15, 0.2) is 0 Å². The van der Waals surface area contributed by atoms with Gasteiger partial charge in [0, 0.05) is 6.42 Å². The van der Waals surface area contributed by atoms with Crippen LogP contribution in [0.2, 0.25) is 0 Å². The molecule has 0 aromatic heterocycles. The highest BCUT2D eigenvalue weighted by molar-refractivity contribution is 8.01. The van der Waals surface area contributed by atoms with Crippen molar-refractivity contribution in [3.05, 3.63) is 0 Å². The van der Waals surface area contributed by atoms with Crippen molar-refractivity contribution in [2.24, 2.45) is 0 Å². The Hall–Kier alpha value is -0.510. The van der Waals surface area contributed by atoms with E-state index in [1.807, 2.05) is 41.5 Å². The van der Waals surface area contributed by atoms with Crippen molar-refractivity contribution in [3.63, 3.8) is 0 Å². The molecular formula is C11H23NO2S. The van der Waals surface area contributed by atoms with Gasteiger partial charge in [0.2, 0.25) is 11.8 Å². The van der Waals surface area contributed by atoms with Gasteiger partial charge < -0.3 is 0 Å². The van der Waals surface area contributed by atoms with E-state index < -0.39 is 0 Å². The molecule has 0 aromatic carbocycles. The SMILES string of the molecule is CC.CC.CC(C)SC1CC(=O)NC1=O. The summed E-state index contributed by atoms with van der Waals surface area (Å²) in [6.07, 6.45) is 0.349. The molecule has 1 aliphatic heterocycles. The minimum absolute atomic E-state index is 0.131. The first-order valence-electron chi connectivity index (χ1n) is 5.58. The lowest BCUT2D eigenvalue weighted by molar-refractivity contribution is -0.124. The summed E-state index contributed by atoms with van der Waals surface area (Å²) in [5.74, 6) is -0.276. The third kappa shape index (κ3) is 7.42. The van der Waals surface area contributed by atoms with Crippen LogP contribution in [0.4, 0.5) is 0 Å². The summed E-state index contributed by atoms with van der Waals surface area (Å²) >= 11 is 1.54. The third-order valence-corrected chi connectivity index (χ3v) is 2.62. The van der Waals surface area contributed by atoms with Crippen molar-refractivity contribution in [2.75, 3.05) is 0 Å². The van der Waals surface area contributed by atoms with Gasteiger partial charge in [-0.05, 0) is 5.25 Å². The first-order chi connectivity index (χ1) is 7.09. The second-order valence-corrected chi connectivity index (χ2v) is 4.57. The van der Waals surface area contributed by atoms with Crippen molar-refractivity contribution in [1.82, 2.24) is 5.32 Å². The lowest BCUT2D eigenvalue weighted by Gasteiger charge is -2.07. The van der Waals surface area contributed by atoms with Crippen LogP contribution in [-0.4, -0.2) is 22.3 Å². The molecule has 1 rings (SSSR count). The molecule has 1 aliphatic rings. The van der Waals surface area contributed by atoms with Crippen LogP contribution in [0.5, 0.6) is 0 Å². The maximum Gasteiger partial charge on any atom is 0.240 e. The second kappa shape index (κ2) is 10.0. The number of carbonyl (C=O) groups excluding carboxylic acids is 2. The summed E-state index contributed by atoms with van der Waals surface area (Å²) in [5, 5.41) is 2.52. The molecule has 2 amide bonds. The third-order valence-electron chi connectivity index (χ3n) is 1.36. The van der Waals surface area contributed by atoms with Crippen molar-refractivity contribution in [2.45, 2.75) is 58.5 Å². The molecule has 0 saturated carbocycles. The average molecular weight is 233 g/mol. The Labute approximate surface area is 97.4 Å². The highest BCUT2D eigenvalue weighted by Gasteiger charge is 2.31. The molecule has 1 fully saturated rings. The van der Waals surface area contributed by atoms with E-state index in [2.05, 4.69) is 5.32 Å². The van der Waals surface area contributed by atoms with Crippen LogP contribution in [-0.2, 0) is 9.59 Å². The van der Waals surface area contributed by atoms with E-state index in [-0.39, 0.29) is 17.1 Å². The van der Waals surface area contributed by atoms with Gasteiger partial charge in [0.25, 0.3) is 0 Å². The Morgan fingerprint density at radius 3 is 1.93 bits per heavy atom. The molecule has 0 aromatic rings. The highest BCUT2D eigenvalue weighted by Crippen LogP contribution is 2.23. The minimum atomic E-state index is -0.150. The molecule has 90 valence electrons. The monoisotopic (exact) mass is 233 g/mol. The maximum atomic E-state index is 11.0. The molecular weight excluding hydrogens is 210 g/mol. The number of carbonyl (C=O) groups is 2. The Bertz CT molecular complexity index is 193. The number of imide groups is 1. The van der Waals surface area contributed by atoms with Gasteiger partial charge in [0.05, 0.1) is 5.25 Å². The van der Waals surface area contributed by atoms with Crippen molar-refractivity contribution < 1.29 is 9.59 Å². The minimum Gasteiger partial charge on any atom is -0.295 e. The lowest BCUT2D eigenvalue weighted by Crippen LogP contribution is -2.23. The Kier molecular flexibility index (Phi) is 11.3. The largest absolute Gasteiger partial charge is 0.295 e. The summed E-state index contributed by atoms with van der Waals surface area (Å²) < 4.78 is 0.